The molecular formula is C13H9N3O2S+2. The second kappa shape index (κ2) is 4.89. The highest BCUT2D eigenvalue weighted by Gasteiger charge is 2.19. The molecule has 0 spiro atoms. The van der Waals surface area contributed by atoms with Gasteiger partial charge in [-0.05, 0) is 29.1 Å². The number of nitrogens with zero attached hydrogens (tertiary/aromatic N) is 3. The second-order valence-corrected chi connectivity index (χ2v) is 5.67. The summed E-state index contributed by atoms with van der Waals surface area (Å²) in [5, 5.41) is 8.56. The lowest BCUT2D eigenvalue weighted by Crippen LogP contribution is -2.01. The van der Waals surface area contributed by atoms with Crippen LogP contribution in [0.2, 0.25) is 0 Å². The maximum absolute atomic E-state index is 12.3. The van der Waals surface area contributed by atoms with Crippen molar-refractivity contribution in [2.24, 2.45) is 0 Å². The molecule has 2 aromatic rings. The van der Waals surface area contributed by atoms with Crippen molar-refractivity contribution in [3.8, 4) is 6.57 Å². The molecule has 0 bridgehead atoms. The molecule has 0 aliphatic heterocycles. The smallest absolute Gasteiger partial charge is 0.219 e. The van der Waals surface area contributed by atoms with Crippen LogP contribution in [0.1, 0.15) is 0 Å². The summed E-state index contributed by atoms with van der Waals surface area (Å²) in [4.78, 5) is 6.69. The van der Waals surface area contributed by atoms with Crippen molar-refractivity contribution in [1.29, 1.82) is 5.39 Å². The van der Waals surface area contributed by atoms with Crippen molar-refractivity contribution in [2.45, 2.75) is 9.79 Å². The maximum atomic E-state index is 12.3. The van der Waals surface area contributed by atoms with Gasteiger partial charge in [0.15, 0.2) is 4.98 Å². The molecule has 92 valence electrons. The van der Waals surface area contributed by atoms with Crippen LogP contribution in [0.4, 0.5) is 11.4 Å². The van der Waals surface area contributed by atoms with E-state index >= 15 is 0 Å². The highest BCUT2D eigenvalue weighted by molar-refractivity contribution is 7.91. The van der Waals surface area contributed by atoms with E-state index < -0.39 is 9.84 Å². The molecular weight excluding hydrogens is 262 g/mol. The first-order valence-electron chi connectivity index (χ1n) is 5.29. The van der Waals surface area contributed by atoms with Gasteiger partial charge >= 0.3 is 11.4 Å². The van der Waals surface area contributed by atoms with Crippen LogP contribution in [0.3, 0.4) is 0 Å². The van der Waals surface area contributed by atoms with Gasteiger partial charge in [0.2, 0.25) is 15.2 Å². The molecule has 0 aromatic heterocycles. The molecule has 0 saturated heterocycles. The molecule has 0 fully saturated rings. The van der Waals surface area contributed by atoms with E-state index in [0.717, 1.165) is 0 Å². The van der Waals surface area contributed by atoms with Crippen LogP contribution in [0.25, 0.3) is 9.82 Å². The normalized spacial score (nSPS) is 10.4. The predicted molar refractivity (Wildman–Crippen MR) is 71.0 cm³/mol. The van der Waals surface area contributed by atoms with Crippen LogP contribution in [0.15, 0.2) is 58.3 Å². The van der Waals surface area contributed by atoms with Crippen molar-refractivity contribution >= 4 is 21.2 Å². The lowest BCUT2D eigenvalue weighted by atomic mass is 10.3. The summed E-state index contributed by atoms with van der Waals surface area (Å²) in [6.07, 6.45) is 0. The van der Waals surface area contributed by atoms with E-state index in [0.29, 0.717) is 5.69 Å². The second-order valence-electron chi connectivity index (χ2n) is 3.72. The molecule has 0 aliphatic rings. The third-order valence-electron chi connectivity index (χ3n) is 2.56. The first-order chi connectivity index (χ1) is 9.07. The summed E-state index contributed by atoms with van der Waals surface area (Å²) in [5.41, 5.74) is 0.782. The molecule has 6 heteroatoms. The Morgan fingerprint density at radius 2 is 1.26 bits per heavy atom. The van der Waals surface area contributed by atoms with E-state index in [1.807, 2.05) is 0 Å². The maximum Gasteiger partial charge on any atom is 0.385 e. The van der Waals surface area contributed by atoms with Crippen LogP contribution in [-0.2, 0) is 9.84 Å². The monoisotopic (exact) mass is 271 g/mol. The summed E-state index contributed by atoms with van der Waals surface area (Å²) in [6, 6.07) is 11.5. The van der Waals surface area contributed by atoms with Gasteiger partial charge in [-0.2, -0.15) is 0 Å². The van der Waals surface area contributed by atoms with Gasteiger partial charge in [-0.25, -0.2) is 8.42 Å². The molecule has 0 saturated carbocycles. The number of hydrogen-bond acceptors (Lipinski definition) is 3. The average Bonchev–Trinajstić information content (AvgIpc) is 2.47. The Hall–Kier alpha value is -2.70. The molecule has 0 heterocycles. The Bertz CT molecular complexity index is 716. The highest BCUT2D eigenvalue weighted by atomic mass is 32.2. The molecule has 2 aromatic carbocycles. The van der Waals surface area contributed by atoms with E-state index in [9.17, 15) is 8.42 Å². The van der Waals surface area contributed by atoms with Crippen molar-refractivity contribution < 1.29 is 8.42 Å². The van der Waals surface area contributed by atoms with Gasteiger partial charge in [-0.3, -0.25) is 0 Å². The molecule has 0 N–H and O–H groups in total. The predicted octanol–water partition coefficient (Wildman–Crippen LogP) is 3.60. The Morgan fingerprint density at radius 1 is 0.842 bits per heavy atom. The molecule has 0 radical (unpaired) electrons. The molecule has 0 aliphatic carbocycles. The van der Waals surface area contributed by atoms with Crippen LogP contribution >= 0.6 is 0 Å². The first kappa shape index (κ1) is 12.7. The van der Waals surface area contributed by atoms with E-state index in [4.69, 9.17) is 12.0 Å². The van der Waals surface area contributed by atoms with E-state index in [1.165, 1.54) is 48.5 Å². The number of hydrogen-bond donors (Lipinski definition) is 0. The summed E-state index contributed by atoms with van der Waals surface area (Å²) in [5.74, 6) is 0. The number of benzene rings is 2. The zero-order valence-corrected chi connectivity index (χ0v) is 10.6. The largest absolute Gasteiger partial charge is 0.385 e. The van der Waals surface area contributed by atoms with Gasteiger partial charge in [-0.15, -0.1) is 0 Å². The fraction of sp³-hybridized carbons (Fsp3) is 0. The van der Waals surface area contributed by atoms with Crippen LogP contribution in [0, 0.1) is 12.0 Å². The van der Waals surface area contributed by atoms with Gasteiger partial charge < -0.3 is 0 Å². The molecule has 2 rings (SSSR count). The molecule has 0 amide bonds. The minimum absolute atomic E-state index is 0.123. The van der Waals surface area contributed by atoms with E-state index in [2.05, 4.69) is 9.82 Å². The number of diazo groups is 1. The lowest BCUT2D eigenvalue weighted by molar-refractivity contribution is 0.596. The standard InChI is InChI=1S/C13H9N3O2S/c1-15-10-2-6-12(7-3-10)19(17,18)13-8-4-11(16-14)5-9-13/h1-9H/q+2. The Kier molecular flexibility index (Phi) is 3.28. The summed E-state index contributed by atoms with van der Waals surface area (Å²) in [6.45, 7) is 5.09. The fourth-order valence-corrected chi connectivity index (χ4v) is 2.80. The third kappa shape index (κ3) is 2.44. The molecule has 0 atom stereocenters. The van der Waals surface area contributed by atoms with Crippen molar-refractivity contribution in [1.82, 2.24) is 0 Å². The van der Waals surface area contributed by atoms with Crippen LogP contribution in [-0.4, -0.2) is 8.42 Å². The Balaban J connectivity index is 2.46. The lowest BCUT2D eigenvalue weighted by Gasteiger charge is -2.02. The first-order valence-corrected chi connectivity index (χ1v) is 6.77. The van der Waals surface area contributed by atoms with Crippen LogP contribution in [0.5, 0.6) is 0 Å². The number of sulfone groups is 1. The molecule has 5 nitrogen and oxygen atoms in total. The molecule has 0 unspecified atom stereocenters. The Morgan fingerprint density at radius 3 is 1.63 bits per heavy atom. The summed E-state index contributed by atoms with van der Waals surface area (Å²) in [7, 11) is -3.59. The van der Waals surface area contributed by atoms with Crippen molar-refractivity contribution in [2.75, 3.05) is 0 Å². The van der Waals surface area contributed by atoms with Gasteiger partial charge in [0.1, 0.15) is 0 Å². The van der Waals surface area contributed by atoms with Gasteiger partial charge in [0.05, 0.1) is 9.79 Å². The zero-order valence-electron chi connectivity index (χ0n) is 9.76. The summed E-state index contributed by atoms with van der Waals surface area (Å²) < 4.78 is 24.6. The van der Waals surface area contributed by atoms with Gasteiger partial charge in [0, 0.05) is 24.3 Å². The molecule has 19 heavy (non-hydrogen) atoms. The van der Waals surface area contributed by atoms with Crippen molar-refractivity contribution in [3.63, 3.8) is 0 Å². The fourth-order valence-electron chi connectivity index (χ4n) is 1.54. The van der Waals surface area contributed by atoms with Gasteiger partial charge in [-0.1, -0.05) is 0 Å². The SMILES string of the molecule is C#[N+]c1ccc(S(=O)(=O)c2ccc([N+]#N)cc2)cc1. The Labute approximate surface area is 110 Å². The number of rotatable bonds is 2. The quantitative estimate of drug-likeness (QED) is 0.784. The topological polar surface area (TPSA) is 66.7 Å². The third-order valence-corrected chi connectivity index (χ3v) is 4.34. The zero-order chi connectivity index (χ0) is 13.9. The minimum Gasteiger partial charge on any atom is -0.219 e. The van der Waals surface area contributed by atoms with E-state index in [1.54, 1.807) is 0 Å². The van der Waals surface area contributed by atoms with E-state index in [-0.39, 0.29) is 15.5 Å². The van der Waals surface area contributed by atoms with Crippen molar-refractivity contribution in [3.05, 3.63) is 58.4 Å². The van der Waals surface area contributed by atoms with Crippen LogP contribution < -0.4 is 0 Å². The van der Waals surface area contributed by atoms with Gasteiger partial charge in [0.25, 0.3) is 6.57 Å². The highest BCUT2D eigenvalue weighted by Crippen LogP contribution is 2.24. The minimum atomic E-state index is -3.59. The average molecular weight is 271 g/mol. The summed E-state index contributed by atoms with van der Waals surface area (Å²) >= 11 is 0.